The molecule has 1 atom stereocenters. The molecule has 0 aliphatic rings. The van der Waals surface area contributed by atoms with Gasteiger partial charge in [-0.2, -0.15) is 0 Å². The summed E-state index contributed by atoms with van der Waals surface area (Å²) in [4.78, 5) is 0. The van der Waals surface area contributed by atoms with E-state index in [-0.39, 0.29) is 11.9 Å². The minimum absolute atomic E-state index is 0.0919. The zero-order chi connectivity index (χ0) is 14.7. The van der Waals surface area contributed by atoms with E-state index in [1.54, 1.807) is 31.4 Å². The molecule has 0 saturated heterocycles. The third kappa shape index (κ3) is 2.94. The molecule has 1 unspecified atom stereocenters. The third-order valence-corrected chi connectivity index (χ3v) is 3.60. The predicted octanol–water partition coefficient (Wildman–Crippen LogP) is 4.44. The molecule has 0 heterocycles. The van der Waals surface area contributed by atoms with Crippen molar-refractivity contribution in [3.63, 3.8) is 0 Å². The van der Waals surface area contributed by atoms with Gasteiger partial charge in [0.05, 0.1) is 7.11 Å². The van der Waals surface area contributed by atoms with Gasteiger partial charge in [0.25, 0.3) is 0 Å². The first-order valence-electron chi connectivity index (χ1n) is 6.37. The molecule has 106 valence electrons. The molecule has 20 heavy (non-hydrogen) atoms. The van der Waals surface area contributed by atoms with Crippen molar-refractivity contribution in [1.82, 2.24) is 5.32 Å². The molecule has 0 fully saturated rings. The Balaban J connectivity index is 2.67. The van der Waals surface area contributed by atoms with Crippen LogP contribution in [0.1, 0.15) is 18.5 Å². The molecule has 0 amide bonds. The van der Waals surface area contributed by atoms with Crippen LogP contribution in [0.15, 0.2) is 36.4 Å². The van der Waals surface area contributed by atoms with Crippen LogP contribution in [0.3, 0.4) is 0 Å². The van der Waals surface area contributed by atoms with Crippen LogP contribution in [-0.2, 0) is 0 Å². The van der Waals surface area contributed by atoms with E-state index in [1.165, 1.54) is 12.1 Å². The molecule has 0 aromatic heterocycles. The van der Waals surface area contributed by atoms with E-state index in [1.807, 2.05) is 14.0 Å². The predicted molar refractivity (Wildman–Crippen MR) is 80.9 cm³/mol. The molecule has 2 aromatic rings. The second-order valence-electron chi connectivity index (χ2n) is 4.59. The number of nitrogens with one attached hydrogen (secondary N) is 1. The van der Waals surface area contributed by atoms with Crippen molar-refractivity contribution in [1.29, 1.82) is 0 Å². The Morgan fingerprint density at radius 1 is 1.15 bits per heavy atom. The van der Waals surface area contributed by atoms with E-state index in [2.05, 4.69) is 5.32 Å². The van der Waals surface area contributed by atoms with E-state index >= 15 is 0 Å². The first kappa shape index (κ1) is 14.8. The SMILES string of the molecule is CNC(C)c1ccc(F)cc1-c1cc(Cl)ccc1OC. The second-order valence-corrected chi connectivity index (χ2v) is 5.02. The van der Waals surface area contributed by atoms with Crippen molar-refractivity contribution >= 4 is 11.6 Å². The number of hydrogen-bond acceptors (Lipinski definition) is 2. The standard InChI is InChI=1S/C16H17ClFNO/c1-10(19-2)13-6-5-12(18)9-14(13)15-8-11(17)4-7-16(15)20-3/h4-10,19H,1-3H3. The van der Waals surface area contributed by atoms with Crippen molar-refractivity contribution < 1.29 is 9.13 Å². The highest BCUT2D eigenvalue weighted by Gasteiger charge is 2.15. The fraction of sp³-hybridized carbons (Fsp3) is 0.250. The summed E-state index contributed by atoms with van der Waals surface area (Å²) < 4.78 is 19.0. The first-order chi connectivity index (χ1) is 9.56. The van der Waals surface area contributed by atoms with Crippen LogP contribution in [0, 0.1) is 5.82 Å². The van der Waals surface area contributed by atoms with Gasteiger partial charge in [0, 0.05) is 16.6 Å². The van der Waals surface area contributed by atoms with Crippen molar-refractivity contribution in [3.8, 4) is 16.9 Å². The molecule has 2 rings (SSSR count). The Morgan fingerprint density at radius 3 is 2.55 bits per heavy atom. The molecule has 0 aliphatic carbocycles. The molecule has 1 N–H and O–H groups in total. The maximum absolute atomic E-state index is 13.6. The number of benzene rings is 2. The number of methoxy groups -OCH3 is 1. The van der Waals surface area contributed by atoms with Crippen LogP contribution in [0.25, 0.3) is 11.1 Å². The summed E-state index contributed by atoms with van der Waals surface area (Å²) in [6, 6.07) is 10.2. The summed E-state index contributed by atoms with van der Waals surface area (Å²) in [5.74, 6) is 0.388. The lowest BCUT2D eigenvalue weighted by molar-refractivity contribution is 0.416. The van der Waals surface area contributed by atoms with Crippen LogP contribution in [0.5, 0.6) is 5.75 Å². The highest BCUT2D eigenvalue weighted by atomic mass is 35.5. The molecule has 0 bridgehead atoms. The summed E-state index contributed by atoms with van der Waals surface area (Å²) in [6.07, 6.45) is 0. The molecular weight excluding hydrogens is 277 g/mol. The highest BCUT2D eigenvalue weighted by molar-refractivity contribution is 6.31. The van der Waals surface area contributed by atoms with Crippen LogP contribution < -0.4 is 10.1 Å². The van der Waals surface area contributed by atoms with Crippen LogP contribution in [0.2, 0.25) is 5.02 Å². The smallest absolute Gasteiger partial charge is 0.126 e. The topological polar surface area (TPSA) is 21.3 Å². The molecule has 0 radical (unpaired) electrons. The summed E-state index contributed by atoms with van der Waals surface area (Å²) in [7, 11) is 3.46. The van der Waals surface area contributed by atoms with Gasteiger partial charge in [-0.25, -0.2) is 4.39 Å². The molecule has 2 aromatic carbocycles. The Hall–Kier alpha value is -1.58. The number of ether oxygens (including phenoxy) is 1. The lowest BCUT2D eigenvalue weighted by atomic mass is 9.94. The van der Waals surface area contributed by atoms with Crippen LogP contribution >= 0.6 is 11.6 Å². The molecule has 4 heteroatoms. The van der Waals surface area contributed by atoms with Crippen molar-refractivity contribution in [2.75, 3.05) is 14.2 Å². The van der Waals surface area contributed by atoms with Gasteiger partial charge in [-0.05, 0) is 55.4 Å². The number of rotatable bonds is 4. The molecule has 0 aliphatic heterocycles. The largest absolute Gasteiger partial charge is 0.496 e. The van der Waals surface area contributed by atoms with Crippen LogP contribution in [0.4, 0.5) is 4.39 Å². The van der Waals surface area contributed by atoms with E-state index in [0.717, 1.165) is 16.7 Å². The van der Waals surface area contributed by atoms with E-state index < -0.39 is 0 Å². The average Bonchev–Trinajstić information content (AvgIpc) is 2.46. The Labute approximate surface area is 123 Å². The lowest BCUT2D eigenvalue weighted by Gasteiger charge is -2.18. The van der Waals surface area contributed by atoms with E-state index in [9.17, 15) is 4.39 Å². The zero-order valence-corrected chi connectivity index (χ0v) is 12.5. The normalized spacial score (nSPS) is 12.2. The third-order valence-electron chi connectivity index (χ3n) is 3.37. The van der Waals surface area contributed by atoms with Crippen LogP contribution in [-0.4, -0.2) is 14.2 Å². The van der Waals surface area contributed by atoms with Crippen molar-refractivity contribution in [2.24, 2.45) is 0 Å². The number of halogens is 2. The zero-order valence-electron chi connectivity index (χ0n) is 11.7. The summed E-state index contributed by atoms with van der Waals surface area (Å²) in [5.41, 5.74) is 2.57. The molecule has 0 spiro atoms. The maximum Gasteiger partial charge on any atom is 0.126 e. The van der Waals surface area contributed by atoms with Gasteiger partial charge in [0.15, 0.2) is 0 Å². The Kier molecular flexibility index (Phi) is 4.63. The fourth-order valence-electron chi connectivity index (χ4n) is 2.19. The minimum atomic E-state index is -0.283. The quantitative estimate of drug-likeness (QED) is 0.900. The average molecular weight is 294 g/mol. The lowest BCUT2D eigenvalue weighted by Crippen LogP contribution is -2.13. The molecule has 2 nitrogen and oxygen atoms in total. The second kappa shape index (κ2) is 6.25. The Bertz CT molecular complexity index is 615. The van der Waals surface area contributed by atoms with E-state index in [0.29, 0.717) is 10.8 Å². The molecule has 0 saturated carbocycles. The monoisotopic (exact) mass is 293 g/mol. The van der Waals surface area contributed by atoms with Gasteiger partial charge >= 0.3 is 0 Å². The van der Waals surface area contributed by atoms with Gasteiger partial charge in [-0.3, -0.25) is 0 Å². The maximum atomic E-state index is 13.6. The van der Waals surface area contributed by atoms with Gasteiger partial charge in [0.1, 0.15) is 11.6 Å². The van der Waals surface area contributed by atoms with Gasteiger partial charge in [-0.15, -0.1) is 0 Å². The fourth-order valence-corrected chi connectivity index (χ4v) is 2.36. The number of hydrogen-bond donors (Lipinski definition) is 1. The summed E-state index contributed by atoms with van der Waals surface area (Å²) in [6.45, 7) is 2.02. The highest BCUT2D eigenvalue weighted by Crippen LogP contribution is 2.36. The Morgan fingerprint density at radius 2 is 1.90 bits per heavy atom. The van der Waals surface area contributed by atoms with Gasteiger partial charge in [-0.1, -0.05) is 17.7 Å². The van der Waals surface area contributed by atoms with Crippen molar-refractivity contribution in [3.05, 3.63) is 52.8 Å². The minimum Gasteiger partial charge on any atom is -0.496 e. The van der Waals surface area contributed by atoms with E-state index in [4.69, 9.17) is 16.3 Å². The van der Waals surface area contributed by atoms with Gasteiger partial charge in [0.2, 0.25) is 0 Å². The first-order valence-corrected chi connectivity index (χ1v) is 6.75. The summed E-state index contributed by atoms with van der Waals surface area (Å²) in [5, 5.41) is 3.76. The summed E-state index contributed by atoms with van der Waals surface area (Å²) >= 11 is 6.06. The van der Waals surface area contributed by atoms with Gasteiger partial charge < -0.3 is 10.1 Å². The van der Waals surface area contributed by atoms with Crippen molar-refractivity contribution in [2.45, 2.75) is 13.0 Å². The molecular formula is C16H17ClFNO.